The van der Waals surface area contributed by atoms with Crippen molar-refractivity contribution in [3.05, 3.63) is 23.4 Å². The number of ether oxygens (including phenoxy) is 2. The maximum absolute atomic E-state index is 12.1. The first-order valence-corrected chi connectivity index (χ1v) is 4.71. The Bertz CT molecular complexity index is 494. The van der Waals surface area contributed by atoms with Crippen LogP contribution in [0.2, 0.25) is 0 Å². The maximum atomic E-state index is 12.1. The van der Waals surface area contributed by atoms with Crippen LogP contribution in [0.1, 0.15) is 22.8 Å². The van der Waals surface area contributed by atoms with Gasteiger partial charge in [-0.15, -0.1) is 13.2 Å². The van der Waals surface area contributed by atoms with Gasteiger partial charge in [0.1, 0.15) is 11.6 Å². The van der Waals surface area contributed by atoms with Crippen LogP contribution in [0, 0.1) is 11.3 Å². The Kier molecular flexibility index (Phi) is 4.09. The number of alkyl halides is 3. The number of esters is 1. The number of carbonyl (C=O) groups excluding carboxylic acids is 1. The zero-order valence-corrected chi connectivity index (χ0v) is 9.11. The summed E-state index contributed by atoms with van der Waals surface area (Å²) in [5, 5.41) is 8.74. The smallest absolute Gasteiger partial charge is 0.462 e. The van der Waals surface area contributed by atoms with E-state index >= 15 is 0 Å². The highest BCUT2D eigenvalue weighted by Crippen LogP contribution is 2.26. The van der Waals surface area contributed by atoms with Crippen LogP contribution in [0.4, 0.5) is 13.2 Å². The SMILES string of the molecule is CCOC(=O)c1c(C#N)ccnc1OC(F)(F)F. The molecule has 0 saturated heterocycles. The minimum atomic E-state index is -5.01. The Hall–Kier alpha value is -2.30. The Labute approximate surface area is 99.8 Å². The molecule has 0 aromatic carbocycles. The Morgan fingerprint density at radius 1 is 1.56 bits per heavy atom. The molecule has 0 fully saturated rings. The molecule has 0 bridgehead atoms. The minimum Gasteiger partial charge on any atom is -0.462 e. The lowest BCUT2D eigenvalue weighted by atomic mass is 10.1. The summed E-state index contributed by atoms with van der Waals surface area (Å²) in [5.41, 5.74) is -0.943. The van der Waals surface area contributed by atoms with Crippen LogP contribution in [0.25, 0.3) is 0 Å². The molecule has 0 unspecified atom stereocenters. The number of hydrogen-bond donors (Lipinski definition) is 0. The first-order chi connectivity index (χ1) is 8.39. The second-order valence-electron chi connectivity index (χ2n) is 2.92. The van der Waals surface area contributed by atoms with Crippen LogP contribution in [0.3, 0.4) is 0 Å². The van der Waals surface area contributed by atoms with Gasteiger partial charge in [-0.2, -0.15) is 5.26 Å². The fourth-order valence-corrected chi connectivity index (χ4v) is 1.12. The van der Waals surface area contributed by atoms with Gasteiger partial charge in [-0.1, -0.05) is 0 Å². The van der Waals surface area contributed by atoms with Gasteiger partial charge in [0, 0.05) is 6.20 Å². The number of nitrogens with zero attached hydrogens (tertiary/aromatic N) is 2. The van der Waals surface area contributed by atoms with Gasteiger partial charge in [-0.25, -0.2) is 9.78 Å². The number of pyridine rings is 1. The highest BCUT2D eigenvalue weighted by atomic mass is 19.4. The molecular formula is C10H7F3N2O3. The van der Waals surface area contributed by atoms with Crippen molar-refractivity contribution in [3.8, 4) is 11.9 Å². The second kappa shape index (κ2) is 5.35. The van der Waals surface area contributed by atoms with Gasteiger partial charge in [-0.3, -0.25) is 0 Å². The lowest BCUT2D eigenvalue weighted by Gasteiger charge is -2.11. The molecule has 18 heavy (non-hydrogen) atoms. The van der Waals surface area contributed by atoms with Crippen LogP contribution in [-0.4, -0.2) is 23.9 Å². The van der Waals surface area contributed by atoms with Crippen molar-refractivity contribution in [3.63, 3.8) is 0 Å². The fraction of sp³-hybridized carbons (Fsp3) is 0.300. The maximum Gasteiger partial charge on any atom is 0.574 e. The number of hydrogen-bond acceptors (Lipinski definition) is 5. The average Bonchev–Trinajstić information content (AvgIpc) is 2.26. The summed E-state index contributed by atoms with van der Waals surface area (Å²) in [7, 11) is 0. The van der Waals surface area contributed by atoms with Gasteiger partial charge in [-0.05, 0) is 13.0 Å². The molecule has 0 aliphatic heterocycles. The molecule has 0 radical (unpaired) electrons. The molecule has 0 saturated carbocycles. The first-order valence-electron chi connectivity index (χ1n) is 4.71. The van der Waals surface area contributed by atoms with Crippen LogP contribution < -0.4 is 4.74 Å². The summed E-state index contributed by atoms with van der Waals surface area (Å²) >= 11 is 0. The molecular weight excluding hydrogens is 253 g/mol. The summed E-state index contributed by atoms with van der Waals surface area (Å²) in [6, 6.07) is 2.67. The summed E-state index contributed by atoms with van der Waals surface area (Å²) in [5.74, 6) is -2.10. The van der Waals surface area contributed by atoms with Crippen LogP contribution in [0.15, 0.2) is 12.3 Å². The lowest BCUT2D eigenvalue weighted by molar-refractivity contribution is -0.276. The zero-order chi connectivity index (χ0) is 13.8. The van der Waals surface area contributed by atoms with Gasteiger partial charge >= 0.3 is 12.3 Å². The fourth-order valence-electron chi connectivity index (χ4n) is 1.12. The largest absolute Gasteiger partial charge is 0.574 e. The molecule has 0 spiro atoms. The van der Waals surface area contributed by atoms with Gasteiger partial charge < -0.3 is 9.47 Å². The monoisotopic (exact) mass is 260 g/mol. The van der Waals surface area contributed by atoms with E-state index < -0.39 is 23.8 Å². The lowest BCUT2D eigenvalue weighted by Crippen LogP contribution is -2.21. The standard InChI is InChI=1S/C10H7F3N2O3/c1-2-17-9(16)7-6(5-14)3-4-15-8(7)18-10(11,12)13/h3-4H,2H2,1H3. The van der Waals surface area contributed by atoms with Crippen molar-refractivity contribution in [2.45, 2.75) is 13.3 Å². The van der Waals surface area contributed by atoms with Crippen molar-refractivity contribution in [2.75, 3.05) is 6.61 Å². The first kappa shape index (κ1) is 13.8. The van der Waals surface area contributed by atoms with Crippen molar-refractivity contribution in [2.24, 2.45) is 0 Å². The molecule has 8 heteroatoms. The van der Waals surface area contributed by atoms with Crippen molar-refractivity contribution >= 4 is 5.97 Å². The predicted molar refractivity (Wildman–Crippen MR) is 51.6 cm³/mol. The Morgan fingerprint density at radius 3 is 2.72 bits per heavy atom. The Balaban J connectivity index is 3.26. The van der Waals surface area contributed by atoms with E-state index in [1.165, 1.54) is 6.92 Å². The molecule has 1 heterocycles. The molecule has 0 N–H and O–H groups in total. The minimum absolute atomic E-state index is 0.0515. The second-order valence-corrected chi connectivity index (χ2v) is 2.92. The van der Waals surface area contributed by atoms with Gasteiger partial charge in [0.15, 0.2) is 0 Å². The highest BCUT2D eigenvalue weighted by Gasteiger charge is 2.35. The van der Waals surface area contributed by atoms with E-state index in [4.69, 9.17) is 5.26 Å². The molecule has 0 aliphatic carbocycles. The quantitative estimate of drug-likeness (QED) is 0.777. The summed E-state index contributed by atoms with van der Waals surface area (Å²) in [6.07, 6.45) is -4.08. The summed E-state index contributed by atoms with van der Waals surface area (Å²) in [6.45, 7) is 1.43. The molecule has 1 aromatic rings. The van der Waals surface area contributed by atoms with Crippen molar-refractivity contribution in [1.82, 2.24) is 4.98 Å². The normalized spacial score (nSPS) is 10.6. The van der Waals surface area contributed by atoms with Gasteiger partial charge in [0.05, 0.1) is 12.2 Å². The predicted octanol–water partition coefficient (Wildman–Crippen LogP) is 2.03. The molecule has 0 atom stereocenters. The molecule has 0 amide bonds. The summed E-state index contributed by atoms with van der Waals surface area (Å²) < 4.78 is 44.5. The third-order valence-corrected chi connectivity index (χ3v) is 1.73. The molecule has 0 aliphatic rings. The van der Waals surface area contributed by atoms with E-state index in [-0.39, 0.29) is 12.2 Å². The third-order valence-electron chi connectivity index (χ3n) is 1.73. The topological polar surface area (TPSA) is 72.2 Å². The molecule has 1 aromatic heterocycles. The zero-order valence-electron chi connectivity index (χ0n) is 9.11. The van der Waals surface area contributed by atoms with E-state index in [1.807, 2.05) is 0 Å². The van der Waals surface area contributed by atoms with Gasteiger partial charge in [0.2, 0.25) is 5.88 Å². The summed E-state index contributed by atoms with van der Waals surface area (Å²) in [4.78, 5) is 14.8. The van der Waals surface area contributed by atoms with E-state index in [2.05, 4.69) is 14.5 Å². The van der Waals surface area contributed by atoms with Crippen LogP contribution in [-0.2, 0) is 4.74 Å². The van der Waals surface area contributed by atoms with Crippen molar-refractivity contribution in [1.29, 1.82) is 5.26 Å². The van der Waals surface area contributed by atoms with Crippen molar-refractivity contribution < 1.29 is 27.4 Å². The highest BCUT2D eigenvalue weighted by molar-refractivity contribution is 5.94. The molecule has 96 valence electrons. The van der Waals surface area contributed by atoms with E-state index in [9.17, 15) is 18.0 Å². The Morgan fingerprint density at radius 2 is 2.22 bits per heavy atom. The van der Waals surface area contributed by atoms with E-state index in [0.29, 0.717) is 0 Å². The average molecular weight is 260 g/mol. The van der Waals surface area contributed by atoms with E-state index in [0.717, 1.165) is 12.3 Å². The molecule has 1 rings (SSSR count). The number of nitriles is 1. The number of halogens is 3. The number of rotatable bonds is 3. The number of carbonyl (C=O) groups is 1. The van der Waals surface area contributed by atoms with Crippen LogP contribution >= 0.6 is 0 Å². The number of aromatic nitrogens is 1. The van der Waals surface area contributed by atoms with Crippen LogP contribution in [0.5, 0.6) is 5.88 Å². The van der Waals surface area contributed by atoms with E-state index in [1.54, 1.807) is 6.07 Å². The third kappa shape index (κ3) is 3.35. The molecule has 5 nitrogen and oxygen atoms in total. The van der Waals surface area contributed by atoms with Gasteiger partial charge in [0.25, 0.3) is 0 Å².